The smallest absolute Gasteiger partial charge is 0.202 e. The van der Waals surface area contributed by atoms with E-state index in [1.165, 1.54) is 12.0 Å². The number of hydrogen-bond acceptors (Lipinski definition) is 4. The van der Waals surface area contributed by atoms with Crippen molar-refractivity contribution in [3.05, 3.63) is 51.6 Å². The van der Waals surface area contributed by atoms with Crippen LogP contribution in [0.25, 0.3) is 21.9 Å². The highest BCUT2D eigenvalue weighted by atomic mass is 35.5. The van der Waals surface area contributed by atoms with Gasteiger partial charge in [-0.2, -0.15) is 0 Å². The Hall–Kier alpha value is -1.49. The number of benzene rings is 2. The predicted molar refractivity (Wildman–Crippen MR) is 87.1 cm³/mol. The summed E-state index contributed by atoms with van der Waals surface area (Å²) in [5.74, 6) is 0. The third-order valence-electron chi connectivity index (χ3n) is 3.08. The van der Waals surface area contributed by atoms with Gasteiger partial charge in [-0.05, 0) is 30.7 Å². The molecule has 3 aromatic rings. The van der Waals surface area contributed by atoms with E-state index in [-0.39, 0.29) is 5.43 Å². The molecule has 21 heavy (non-hydrogen) atoms. The molecule has 0 aliphatic carbocycles. The molecule has 0 saturated heterocycles. The monoisotopic (exact) mass is 320 g/mol. The Labute approximate surface area is 131 Å². The van der Waals surface area contributed by atoms with Crippen molar-refractivity contribution in [1.29, 1.82) is 0 Å². The van der Waals surface area contributed by atoms with Crippen LogP contribution >= 0.6 is 23.6 Å². The molecule has 3 rings (SSSR count). The fraction of sp³-hybridized carbons (Fsp3) is 0.188. The first-order valence-electron chi connectivity index (χ1n) is 6.66. The third-order valence-corrected chi connectivity index (χ3v) is 4.18. The largest absolute Gasteiger partial charge is 0.454 e. The molecule has 0 spiro atoms. The molecule has 5 heteroatoms. The van der Waals surface area contributed by atoms with Crippen molar-refractivity contribution in [2.45, 2.75) is 18.2 Å². The zero-order chi connectivity index (χ0) is 14.8. The summed E-state index contributed by atoms with van der Waals surface area (Å²) >= 11 is 7.40. The maximum Gasteiger partial charge on any atom is 0.202 e. The molecule has 0 bridgehead atoms. The molecule has 1 aromatic heterocycles. The Morgan fingerprint density at radius 3 is 2.86 bits per heavy atom. The second kappa shape index (κ2) is 6.10. The van der Waals surface area contributed by atoms with E-state index in [2.05, 4.69) is 0 Å². The minimum Gasteiger partial charge on any atom is -0.454 e. The van der Waals surface area contributed by atoms with Crippen molar-refractivity contribution in [3.8, 4) is 0 Å². The summed E-state index contributed by atoms with van der Waals surface area (Å²) in [5.41, 5.74) is 0.914. The molecule has 0 saturated carbocycles. The summed E-state index contributed by atoms with van der Waals surface area (Å²) < 4.78 is 11.4. The number of hydrogen-bond donors (Lipinski definition) is 0. The highest BCUT2D eigenvalue weighted by Gasteiger charge is 2.14. The standard InChI is InChI=1S/C16H13ClO3S/c1-2-9-19-21-13-8-7-11(17)14-15(18)10-5-3-4-6-12(10)20-16(13)14/h3-8H,2,9H2,1H3. The van der Waals surface area contributed by atoms with E-state index in [9.17, 15) is 4.79 Å². The normalized spacial score (nSPS) is 11.3. The van der Waals surface area contributed by atoms with Gasteiger partial charge in [0, 0.05) is 12.0 Å². The second-order valence-electron chi connectivity index (χ2n) is 4.58. The van der Waals surface area contributed by atoms with E-state index in [1.54, 1.807) is 18.2 Å². The SMILES string of the molecule is CCCOSc1ccc(Cl)c2c(=O)c3ccccc3oc12. The molecule has 0 N–H and O–H groups in total. The molecule has 0 unspecified atom stereocenters. The number of halogens is 1. The van der Waals surface area contributed by atoms with Crippen LogP contribution in [0.15, 0.2) is 50.5 Å². The Morgan fingerprint density at radius 2 is 2.05 bits per heavy atom. The Kier molecular flexibility index (Phi) is 4.19. The molecule has 0 aliphatic rings. The van der Waals surface area contributed by atoms with Crippen molar-refractivity contribution < 1.29 is 8.60 Å². The van der Waals surface area contributed by atoms with Gasteiger partial charge in [-0.1, -0.05) is 30.7 Å². The van der Waals surface area contributed by atoms with Crippen LogP contribution in [-0.4, -0.2) is 6.61 Å². The number of rotatable bonds is 4. The van der Waals surface area contributed by atoms with Gasteiger partial charge in [-0.3, -0.25) is 4.79 Å². The van der Waals surface area contributed by atoms with Crippen LogP contribution in [0.1, 0.15) is 13.3 Å². The predicted octanol–water partition coefficient (Wildman–Crippen LogP) is 5.03. The van der Waals surface area contributed by atoms with E-state index in [0.29, 0.717) is 33.6 Å². The van der Waals surface area contributed by atoms with E-state index >= 15 is 0 Å². The van der Waals surface area contributed by atoms with Gasteiger partial charge in [0.1, 0.15) is 5.58 Å². The van der Waals surface area contributed by atoms with E-state index < -0.39 is 0 Å². The zero-order valence-electron chi connectivity index (χ0n) is 11.4. The highest BCUT2D eigenvalue weighted by molar-refractivity contribution is 7.94. The molecule has 0 atom stereocenters. The molecular formula is C16H13ClO3S. The quantitative estimate of drug-likeness (QED) is 0.384. The van der Waals surface area contributed by atoms with Crippen molar-refractivity contribution in [3.63, 3.8) is 0 Å². The molecule has 0 aliphatic heterocycles. The van der Waals surface area contributed by atoms with Gasteiger partial charge in [0.15, 0.2) is 5.58 Å². The molecule has 108 valence electrons. The second-order valence-corrected chi connectivity index (χ2v) is 5.83. The lowest BCUT2D eigenvalue weighted by Crippen LogP contribution is -2.03. The van der Waals surface area contributed by atoms with Gasteiger partial charge < -0.3 is 8.60 Å². The summed E-state index contributed by atoms with van der Waals surface area (Å²) in [5, 5.41) is 1.33. The van der Waals surface area contributed by atoms with Crippen LogP contribution in [0, 0.1) is 0 Å². The molecular weight excluding hydrogens is 308 g/mol. The lowest BCUT2D eigenvalue weighted by atomic mass is 10.1. The van der Waals surface area contributed by atoms with Crippen molar-refractivity contribution in [2.75, 3.05) is 6.61 Å². The fourth-order valence-electron chi connectivity index (χ4n) is 2.09. The lowest BCUT2D eigenvalue weighted by molar-refractivity contribution is 0.373. The average Bonchev–Trinajstić information content (AvgIpc) is 2.50. The molecule has 2 aromatic carbocycles. The van der Waals surface area contributed by atoms with E-state index in [1.807, 2.05) is 25.1 Å². The minimum atomic E-state index is -0.116. The van der Waals surface area contributed by atoms with Gasteiger partial charge in [0.05, 0.1) is 27.3 Å². The number of para-hydroxylation sites is 1. The van der Waals surface area contributed by atoms with Crippen molar-refractivity contribution >= 4 is 45.6 Å². The highest BCUT2D eigenvalue weighted by Crippen LogP contribution is 2.33. The Morgan fingerprint density at radius 1 is 1.24 bits per heavy atom. The molecule has 0 radical (unpaired) electrons. The first-order chi connectivity index (χ1) is 10.2. The summed E-state index contributed by atoms with van der Waals surface area (Å²) in [6, 6.07) is 10.7. The van der Waals surface area contributed by atoms with Crippen molar-refractivity contribution in [2.24, 2.45) is 0 Å². The van der Waals surface area contributed by atoms with Crippen LogP contribution < -0.4 is 5.43 Å². The maximum absolute atomic E-state index is 12.6. The van der Waals surface area contributed by atoms with Crippen LogP contribution in [0.3, 0.4) is 0 Å². The van der Waals surface area contributed by atoms with Gasteiger partial charge in [0.25, 0.3) is 0 Å². The van der Waals surface area contributed by atoms with Gasteiger partial charge in [-0.25, -0.2) is 0 Å². The molecule has 0 fully saturated rings. The Balaban J connectivity index is 2.27. The molecule has 3 nitrogen and oxygen atoms in total. The first-order valence-corrected chi connectivity index (χ1v) is 7.78. The zero-order valence-corrected chi connectivity index (χ0v) is 13.0. The van der Waals surface area contributed by atoms with Gasteiger partial charge in [-0.15, -0.1) is 0 Å². The minimum absolute atomic E-state index is 0.116. The van der Waals surface area contributed by atoms with Crippen LogP contribution in [0.2, 0.25) is 5.02 Å². The molecule has 0 amide bonds. The fourth-order valence-corrected chi connectivity index (χ4v) is 3.05. The van der Waals surface area contributed by atoms with Crippen LogP contribution in [-0.2, 0) is 4.18 Å². The van der Waals surface area contributed by atoms with Crippen molar-refractivity contribution in [1.82, 2.24) is 0 Å². The number of fused-ring (bicyclic) bond motifs is 2. The lowest BCUT2D eigenvalue weighted by Gasteiger charge is -2.07. The average molecular weight is 321 g/mol. The van der Waals surface area contributed by atoms with Gasteiger partial charge in [0.2, 0.25) is 5.43 Å². The van der Waals surface area contributed by atoms with Gasteiger partial charge >= 0.3 is 0 Å². The van der Waals surface area contributed by atoms with E-state index in [0.717, 1.165) is 11.3 Å². The Bertz CT molecular complexity index is 857. The first kappa shape index (κ1) is 14.4. The summed E-state index contributed by atoms with van der Waals surface area (Å²) in [7, 11) is 0. The molecule has 1 heterocycles. The van der Waals surface area contributed by atoms with E-state index in [4.69, 9.17) is 20.2 Å². The third kappa shape index (κ3) is 2.67. The maximum atomic E-state index is 12.6. The van der Waals surface area contributed by atoms with Crippen LogP contribution in [0.4, 0.5) is 0 Å². The summed E-state index contributed by atoms with van der Waals surface area (Å²) in [6.45, 7) is 2.67. The summed E-state index contributed by atoms with van der Waals surface area (Å²) in [4.78, 5) is 13.4. The van der Waals surface area contributed by atoms with Crippen LogP contribution in [0.5, 0.6) is 0 Å². The summed E-state index contributed by atoms with van der Waals surface area (Å²) in [6.07, 6.45) is 0.922. The topological polar surface area (TPSA) is 39.4 Å².